The van der Waals surface area contributed by atoms with Gasteiger partial charge in [0.15, 0.2) is 9.84 Å². The maximum absolute atomic E-state index is 13.3. The molecule has 0 radical (unpaired) electrons. The summed E-state index contributed by atoms with van der Waals surface area (Å²) in [6, 6.07) is 15.1. The van der Waals surface area contributed by atoms with Crippen LogP contribution in [0.15, 0.2) is 53.4 Å². The quantitative estimate of drug-likeness (QED) is 0.861. The predicted octanol–water partition coefficient (Wildman–Crippen LogP) is 2.83. The van der Waals surface area contributed by atoms with Crippen LogP contribution < -0.4 is 5.73 Å². The van der Waals surface area contributed by atoms with E-state index in [1.54, 1.807) is 19.2 Å². The van der Waals surface area contributed by atoms with Crippen LogP contribution in [0.1, 0.15) is 22.6 Å². The third kappa shape index (κ3) is 3.01. The Labute approximate surface area is 149 Å². The summed E-state index contributed by atoms with van der Waals surface area (Å²) in [6.45, 7) is 4.56. The minimum Gasteiger partial charge on any atom is -0.384 e. The molecule has 0 aliphatic heterocycles. The van der Waals surface area contributed by atoms with Crippen molar-refractivity contribution in [2.75, 3.05) is 20.3 Å². The molecule has 0 amide bonds. The van der Waals surface area contributed by atoms with Crippen molar-refractivity contribution < 1.29 is 13.2 Å². The first-order valence-corrected chi connectivity index (χ1v) is 9.97. The lowest BCUT2D eigenvalue weighted by molar-refractivity contribution is 0.142. The third-order valence-electron chi connectivity index (χ3n) is 5.29. The number of nitrogens with two attached hydrogens (primary N) is 1. The van der Waals surface area contributed by atoms with Gasteiger partial charge in [0.25, 0.3) is 0 Å². The molecule has 134 valence electrons. The van der Waals surface area contributed by atoms with Crippen molar-refractivity contribution in [3.63, 3.8) is 0 Å². The Balaban J connectivity index is 2.05. The van der Waals surface area contributed by atoms with E-state index in [-0.39, 0.29) is 12.5 Å². The van der Waals surface area contributed by atoms with Crippen LogP contribution in [0.4, 0.5) is 0 Å². The highest BCUT2D eigenvalue weighted by Gasteiger charge is 2.70. The number of rotatable bonds is 6. The van der Waals surface area contributed by atoms with Crippen LogP contribution in [0.5, 0.6) is 0 Å². The Hall–Kier alpha value is -1.69. The molecular weight excluding hydrogens is 334 g/mol. The van der Waals surface area contributed by atoms with Crippen molar-refractivity contribution in [2.45, 2.75) is 29.9 Å². The zero-order valence-electron chi connectivity index (χ0n) is 14.9. The van der Waals surface area contributed by atoms with Crippen LogP contribution in [-0.2, 0) is 14.6 Å². The maximum Gasteiger partial charge on any atom is 0.182 e. The van der Waals surface area contributed by atoms with Crippen LogP contribution in [-0.4, -0.2) is 33.9 Å². The van der Waals surface area contributed by atoms with Crippen molar-refractivity contribution in [1.29, 1.82) is 0 Å². The molecule has 0 spiro atoms. The topological polar surface area (TPSA) is 69.4 Å². The van der Waals surface area contributed by atoms with E-state index < -0.39 is 20.5 Å². The second-order valence-corrected chi connectivity index (χ2v) is 9.11. The van der Waals surface area contributed by atoms with Gasteiger partial charge in [-0.1, -0.05) is 47.5 Å². The summed E-state index contributed by atoms with van der Waals surface area (Å²) in [5, 5.41) is -0.560. The smallest absolute Gasteiger partial charge is 0.182 e. The Kier molecular flexibility index (Phi) is 4.75. The number of hydrogen-bond donors (Lipinski definition) is 1. The molecule has 0 saturated heterocycles. The Morgan fingerprint density at radius 3 is 2.00 bits per heavy atom. The second-order valence-electron chi connectivity index (χ2n) is 7.04. The van der Waals surface area contributed by atoms with E-state index in [1.807, 2.05) is 50.2 Å². The second kappa shape index (κ2) is 6.56. The molecule has 0 unspecified atom stereocenters. The van der Waals surface area contributed by atoms with Crippen LogP contribution in [0.3, 0.4) is 0 Å². The highest BCUT2D eigenvalue weighted by atomic mass is 32.2. The van der Waals surface area contributed by atoms with Gasteiger partial charge in [-0.05, 0) is 31.5 Å². The average Bonchev–Trinajstić information content (AvgIpc) is 3.26. The normalized spacial score (nSPS) is 25.8. The lowest BCUT2D eigenvalue weighted by Crippen LogP contribution is -2.28. The maximum atomic E-state index is 13.3. The molecule has 1 saturated carbocycles. The van der Waals surface area contributed by atoms with Gasteiger partial charge in [0.05, 0.1) is 16.8 Å². The minimum absolute atomic E-state index is 0.149. The average molecular weight is 359 g/mol. The monoisotopic (exact) mass is 359 g/mol. The first-order valence-electron chi connectivity index (χ1n) is 8.43. The van der Waals surface area contributed by atoms with Crippen molar-refractivity contribution in [1.82, 2.24) is 0 Å². The number of hydrogen-bond acceptors (Lipinski definition) is 4. The van der Waals surface area contributed by atoms with Gasteiger partial charge in [-0.2, -0.15) is 0 Å². The summed E-state index contributed by atoms with van der Waals surface area (Å²) in [5.41, 5.74) is 8.67. The molecule has 3 rings (SSSR count). The molecule has 0 bridgehead atoms. The molecule has 4 nitrogen and oxygen atoms in total. The number of sulfone groups is 1. The standard InChI is InChI=1S/C20H25NO3S/c1-14-4-8-16(9-5-14)18-19(20(18,12-21)13-24-3)25(22,23)17-10-6-15(2)7-11-17/h4-11,18-19H,12-13,21H2,1-3H3/t18-,19-,20-/m0/s1. The van der Waals surface area contributed by atoms with Crippen LogP contribution >= 0.6 is 0 Å². The third-order valence-corrected chi connectivity index (χ3v) is 7.63. The Morgan fingerprint density at radius 2 is 1.52 bits per heavy atom. The molecule has 2 aromatic carbocycles. The SMILES string of the molecule is COC[C@@]1(CN)[C@@H](c2ccc(C)cc2)[C@@H]1S(=O)(=O)c1ccc(C)cc1. The van der Waals surface area contributed by atoms with Crippen molar-refractivity contribution in [3.8, 4) is 0 Å². The van der Waals surface area contributed by atoms with Gasteiger partial charge in [-0.3, -0.25) is 0 Å². The zero-order chi connectivity index (χ0) is 18.2. The van der Waals surface area contributed by atoms with E-state index in [2.05, 4.69) is 0 Å². The molecule has 1 fully saturated rings. The molecule has 0 heterocycles. The fourth-order valence-electron chi connectivity index (χ4n) is 3.84. The van der Waals surface area contributed by atoms with Crippen LogP contribution in [0.2, 0.25) is 0 Å². The van der Waals surface area contributed by atoms with Gasteiger partial charge in [0.2, 0.25) is 0 Å². The molecule has 3 atom stereocenters. The Morgan fingerprint density at radius 1 is 1.00 bits per heavy atom. The van der Waals surface area contributed by atoms with Gasteiger partial charge in [-0.15, -0.1) is 0 Å². The van der Waals surface area contributed by atoms with Crippen molar-refractivity contribution >= 4 is 9.84 Å². The van der Waals surface area contributed by atoms with E-state index in [9.17, 15) is 8.42 Å². The summed E-state index contributed by atoms with van der Waals surface area (Å²) >= 11 is 0. The minimum atomic E-state index is -3.49. The first-order chi connectivity index (χ1) is 11.9. The largest absolute Gasteiger partial charge is 0.384 e. The summed E-state index contributed by atoms with van der Waals surface area (Å²) in [6.07, 6.45) is 0. The molecule has 25 heavy (non-hydrogen) atoms. The predicted molar refractivity (Wildman–Crippen MR) is 99.4 cm³/mol. The summed E-state index contributed by atoms with van der Waals surface area (Å²) in [4.78, 5) is 0.353. The number of ether oxygens (including phenoxy) is 1. The molecule has 5 heteroatoms. The fraction of sp³-hybridized carbons (Fsp3) is 0.400. The lowest BCUT2D eigenvalue weighted by atomic mass is 9.99. The molecule has 2 N–H and O–H groups in total. The highest BCUT2D eigenvalue weighted by Crippen LogP contribution is 2.63. The summed E-state index contributed by atoms with van der Waals surface area (Å²) < 4.78 is 32.0. The van der Waals surface area contributed by atoms with E-state index >= 15 is 0 Å². The summed E-state index contributed by atoms with van der Waals surface area (Å²) in [5.74, 6) is -0.149. The molecule has 1 aliphatic rings. The fourth-order valence-corrected chi connectivity index (χ4v) is 6.28. The van der Waals surface area contributed by atoms with Crippen molar-refractivity contribution in [3.05, 3.63) is 65.2 Å². The Bertz CT molecular complexity index is 844. The summed E-state index contributed by atoms with van der Waals surface area (Å²) in [7, 11) is -1.90. The van der Waals surface area contributed by atoms with Crippen LogP contribution in [0.25, 0.3) is 0 Å². The zero-order valence-corrected chi connectivity index (χ0v) is 15.7. The van der Waals surface area contributed by atoms with Crippen molar-refractivity contribution in [2.24, 2.45) is 11.1 Å². The van der Waals surface area contributed by atoms with Gasteiger partial charge in [-0.25, -0.2) is 8.42 Å². The van der Waals surface area contributed by atoms with Gasteiger partial charge >= 0.3 is 0 Å². The van der Waals surface area contributed by atoms with Gasteiger partial charge < -0.3 is 10.5 Å². The van der Waals surface area contributed by atoms with Gasteiger partial charge in [0.1, 0.15) is 0 Å². The van der Waals surface area contributed by atoms with E-state index in [0.717, 1.165) is 16.7 Å². The van der Waals surface area contributed by atoms with E-state index in [0.29, 0.717) is 11.5 Å². The highest BCUT2D eigenvalue weighted by molar-refractivity contribution is 7.92. The number of aryl methyl sites for hydroxylation is 2. The van der Waals surface area contributed by atoms with E-state index in [1.165, 1.54) is 0 Å². The molecule has 2 aromatic rings. The van der Waals surface area contributed by atoms with E-state index in [4.69, 9.17) is 10.5 Å². The van der Waals surface area contributed by atoms with Crippen LogP contribution in [0, 0.1) is 19.3 Å². The number of methoxy groups -OCH3 is 1. The molecule has 1 aliphatic carbocycles. The van der Waals surface area contributed by atoms with Gasteiger partial charge in [0, 0.05) is 25.0 Å². The lowest BCUT2D eigenvalue weighted by Gasteiger charge is -2.15. The molecule has 0 aromatic heterocycles. The first kappa shape index (κ1) is 18.1. The molecular formula is C20H25NO3S. The number of benzene rings is 2.